The molecule has 6 heterocycles. The fourth-order valence-corrected chi connectivity index (χ4v) is 9.24. The lowest BCUT2D eigenvalue weighted by molar-refractivity contribution is -0.141. The number of alkyl halides is 3. The Labute approximate surface area is 346 Å². The van der Waals surface area contributed by atoms with Gasteiger partial charge in [0.25, 0.3) is 0 Å². The summed E-state index contributed by atoms with van der Waals surface area (Å²) < 4.78 is 45.8. The zero-order valence-corrected chi connectivity index (χ0v) is 34.4. The summed E-state index contributed by atoms with van der Waals surface area (Å²) in [6.07, 6.45) is 2.43. The van der Waals surface area contributed by atoms with Gasteiger partial charge in [0, 0.05) is 13.1 Å². The number of imidazole rings is 2. The van der Waals surface area contributed by atoms with E-state index in [-0.39, 0.29) is 47.8 Å². The van der Waals surface area contributed by atoms with Crippen LogP contribution in [0.1, 0.15) is 119 Å². The maximum atomic E-state index is 13.8. The molecule has 0 bridgehead atoms. The zero-order valence-electron chi connectivity index (χ0n) is 34.4. The summed E-state index contributed by atoms with van der Waals surface area (Å²) in [5, 5.41) is 2.69. The van der Waals surface area contributed by atoms with Gasteiger partial charge in [0.1, 0.15) is 23.4 Å². The number of aromatic amines is 2. The number of anilines is 1. The maximum absolute atomic E-state index is 13.8. The van der Waals surface area contributed by atoms with Gasteiger partial charge >= 0.3 is 12.3 Å². The number of methoxy groups -OCH3 is 1. The molecule has 8 rings (SSSR count). The third-order valence-corrected chi connectivity index (χ3v) is 12.1. The number of hydrogen-bond acceptors (Lipinski definition) is 8. The lowest BCUT2D eigenvalue weighted by Gasteiger charge is -2.33. The van der Waals surface area contributed by atoms with E-state index < -0.39 is 24.0 Å². The molecule has 317 valence electrons. The Kier molecular flexibility index (Phi) is 11.2. The number of carbonyl (C=O) groups excluding carboxylic acids is 3. The summed E-state index contributed by atoms with van der Waals surface area (Å²) in [5.74, 6) is 1.18. The predicted octanol–water partition coefficient (Wildman–Crippen LogP) is 8.50. The highest BCUT2D eigenvalue weighted by molar-refractivity contribution is 5.87. The summed E-state index contributed by atoms with van der Waals surface area (Å²) >= 11 is 0. The number of nitrogens with zero attached hydrogens (tertiary/aromatic N) is 6. The van der Waals surface area contributed by atoms with Crippen LogP contribution in [0.2, 0.25) is 0 Å². The Morgan fingerprint density at radius 1 is 0.800 bits per heavy atom. The van der Waals surface area contributed by atoms with E-state index >= 15 is 0 Å². The zero-order chi connectivity index (χ0) is 42.5. The second kappa shape index (κ2) is 16.4. The van der Waals surface area contributed by atoms with E-state index in [1.165, 1.54) is 19.4 Å². The van der Waals surface area contributed by atoms with E-state index in [9.17, 15) is 27.6 Å². The molecule has 3 aliphatic heterocycles. The third kappa shape index (κ3) is 7.99. The van der Waals surface area contributed by atoms with Gasteiger partial charge < -0.3 is 34.7 Å². The summed E-state index contributed by atoms with van der Waals surface area (Å²) in [4.78, 5) is 65.4. The number of fused-ring (bicyclic) bond motifs is 2. The number of H-pyrrole nitrogens is 2. The Hall–Kier alpha value is -5.67. The highest BCUT2D eigenvalue weighted by atomic mass is 19.4. The Balaban J connectivity index is 1.10. The van der Waals surface area contributed by atoms with Crippen LogP contribution in [-0.4, -0.2) is 78.9 Å². The van der Waals surface area contributed by atoms with Gasteiger partial charge in [-0.1, -0.05) is 39.8 Å². The van der Waals surface area contributed by atoms with Crippen LogP contribution in [0.15, 0.2) is 54.7 Å². The number of halogens is 3. The number of rotatable bonds is 10. The number of ether oxygens (including phenoxy) is 1. The first-order chi connectivity index (χ1) is 28.7. The molecule has 3 saturated heterocycles. The second-order valence-electron chi connectivity index (χ2n) is 16.9. The van der Waals surface area contributed by atoms with Gasteiger partial charge in [-0.3, -0.25) is 9.59 Å². The van der Waals surface area contributed by atoms with E-state index in [1.54, 1.807) is 11.3 Å². The van der Waals surface area contributed by atoms with Gasteiger partial charge in [-0.15, -0.1) is 0 Å². The van der Waals surface area contributed by atoms with Crippen molar-refractivity contribution in [1.82, 2.24) is 40.0 Å². The maximum Gasteiger partial charge on any atom is 0.433 e. The topological polar surface area (TPSA) is 152 Å². The van der Waals surface area contributed by atoms with E-state index in [0.29, 0.717) is 37.4 Å². The molecule has 5 aromatic rings. The molecule has 5 atom stereocenters. The smallest absolute Gasteiger partial charge is 0.433 e. The van der Waals surface area contributed by atoms with Crippen LogP contribution in [0.5, 0.6) is 0 Å². The van der Waals surface area contributed by atoms with Crippen LogP contribution in [0.4, 0.5) is 23.7 Å². The van der Waals surface area contributed by atoms with E-state index in [4.69, 9.17) is 14.7 Å². The number of alkyl carbamates (subject to hydrolysis) is 1. The molecular formula is C44H51F3N9O4. The normalized spacial score (nSPS) is 21.5. The molecule has 0 unspecified atom stereocenters. The number of carbonyl (C=O) groups is 3. The minimum absolute atomic E-state index is 0.0105. The van der Waals surface area contributed by atoms with Crippen molar-refractivity contribution in [3.63, 3.8) is 0 Å². The van der Waals surface area contributed by atoms with Crippen molar-refractivity contribution >= 4 is 45.7 Å². The molecule has 0 aliphatic carbocycles. The molecule has 3 N–H and O–H groups in total. The van der Waals surface area contributed by atoms with Crippen molar-refractivity contribution in [2.75, 3.05) is 25.1 Å². The molecule has 60 heavy (non-hydrogen) atoms. The molecule has 3 aromatic heterocycles. The largest absolute Gasteiger partial charge is 0.453 e. The van der Waals surface area contributed by atoms with Gasteiger partial charge in [0.05, 0.1) is 71.6 Å². The number of hydrogen-bond donors (Lipinski definition) is 3. The average Bonchev–Trinajstić information content (AvgIpc) is 4.06. The van der Waals surface area contributed by atoms with Crippen LogP contribution in [0, 0.1) is 18.3 Å². The summed E-state index contributed by atoms with van der Waals surface area (Å²) in [6, 6.07) is 12.9. The number of aromatic nitrogens is 5. The molecule has 3 fully saturated rings. The number of amides is 3. The summed E-state index contributed by atoms with van der Waals surface area (Å²) in [6.45, 7) is 8.92. The number of nitrogens with one attached hydrogen (secondary N) is 3. The molecule has 3 amide bonds. The van der Waals surface area contributed by atoms with Crippen LogP contribution in [0.3, 0.4) is 0 Å². The highest BCUT2D eigenvalue weighted by Gasteiger charge is 2.40. The predicted molar refractivity (Wildman–Crippen MR) is 219 cm³/mol. The quantitative estimate of drug-likeness (QED) is 0.127. The fraction of sp³-hybridized carbons (Fsp3) is 0.477. The minimum Gasteiger partial charge on any atom is -0.453 e. The number of likely N-dealkylation sites (tertiary alicyclic amines) is 2. The molecule has 16 heteroatoms. The lowest BCUT2D eigenvalue weighted by atomic mass is 10.0. The summed E-state index contributed by atoms with van der Waals surface area (Å²) in [5.41, 5.74) is 4.65. The van der Waals surface area contributed by atoms with Crippen molar-refractivity contribution in [2.24, 2.45) is 11.8 Å². The second-order valence-corrected chi connectivity index (χ2v) is 16.9. The van der Waals surface area contributed by atoms with Crippen LogP contribution < -0.4 is 10.2 Å². The average molecular weight is 827 g/mol. The van der Waals surface area contributed by atoms with Crippen molar-refractivity contribution in [1.29, 1.82) is 0 Å². The molecular weight excluding hydrogens is 776 g/mol. The van der Waals surface area contributed by atoms with Gasteiger partial charge in [-0.2, -0.15) is 13.2 Å². The SMILES string of the molecule is COC(=O)N[C@H](C(=O)N1CCC[C@H]1c1nc2ccc([C@H]3CC[C@H](c4ccc5nc([C@@H]6CCCN6C(=O)[CH]C(C)C)[nH]c5c4)N3c3ccc(C(F)(F)F)nc3)cc2[nH]1)C(C)C. The molecule has 2 aromatic carbocycles. The molecule has 13 nitrogen and oxygen atoms in total. The Morgan fingerprint density at radius 3 is 1.87 bits per heavy atom. The van der Waals surface area contributed by atoms with Crippen LogP contribution in [0.25, 0.3) is 22.1 Å². The van der Waals surface area contributed by atoms with E-state index in [0.717, 1.165) is 70.8 Å². The minimum atomic E-state index is -4.57. The molecule has 3 aliphatic rings. The standard InChI is InChI=1S/C44H51F3N9O4/c1-24(2)20-38(57)54-18-6-8-35(54)40-49-29-13-10-26(21-31(29)51-40)33-15-16-34(56(33)28-12-17-37(48-23-28)44(45,46)47)27-11-14-30-32(22-27)52-41(50-30)36-9-7-19-55(36)42(58)39(25(3)4)53-43(59)60-5/h10-14,17,20-25,33-36,39H,6-9,15-16,18-19H2,1-5H3,(H,49,51)(H,50,52)(H,53,59)/t33-,34-,35+,36+,39+/m1/s1. The Morgan fingerprint density at radius 2 is 1.37 bits per heavy atom. The van der Waals surface area contributed by atoms with Gasteiger partial charge in [0.15, 0.2) is 0 Å². The lowest BCUT2D eigenvalue weighted by Crippen LogP contribution is -2.51. The first-order valence-electron chi connectivity index (χ1n) is 20.8. The van der Waals surface area contributed by atoms with Crippen LogP contribution in [-0.2, 0) is 20.5 Å². The number of benzene rings is 2. The Bertz CT molecular complexity index is 2380. The van der Waals surface area contributed by atoms with Crippen molar-refractivity contribution < 1.29 is 32.3 Å². The van der Waals surface area contributed by atoms with E-state index in [2.05, 4.69) is 31.2 Å². The molecule has 1 radical (unpaired) electrons. The van der Waals surface area contributed by atoms with E-state index in [1.807, 2.05) is 62.9 Å². The number of pyridine rings is 1. The highest BCUT2D eigenvalue weighted by Crippen LogP contribution is 2.48. The van der Waals surface area contributed by atoms with Crippen LogP contribution >= 0.6 is 0 Å². The third-order valence-electron chi connectivity index (χ3n) is 12.1. The van der Waals surface area contributed by atoms with Gasteiger partial charge in [-0.25, -0.2) is 19.7 Å². The van der Waals surface area contributed by atoms with Gasteiger partial charge in [0.2, 0.25) is 11.8 Å². The van der Waals surface area contributed by atoms with Gasteiger partial charge in [-0.05, 0) is 97.9 Å². The molecule has 0 spiro atoms. The van der Waals surface area contributed by atoms with Crippen molar-refractivity contribution in [3.05, 3.63) is 89.6 Å². The molecule has 0 saturated carbocycles. The van der Waals surface area contributed by atoms with Crippen molar-refractivity contribution in [3.8, 4) is 0 Å². The fourth-order valence-electron chi connectivity index (χ4n) is 9.24. The van der Waals surface area contributed by atoms with Crippen molar-refractivity contribution in [2.45, 2.75) is 103 Å². The summed E-state index contributed by atoms with van der Waals surface area (Å²) in [7, 11) is 1.27. The first kappa shape index (κ1) is 41.1. The monoisotopic (exact) mass is 826 g/mol. The first-order valence-corrected chi connectivity index (χ1v) is 20.8.